The summed E-state index contributed by atoms with van der Waals surface area (Å²) >= 11 is 1.33. The van der Waals surface area contributed by atoms with Gasteiger partial charge in [0.1, 0.15) is 10.1 Å². The number of aryl methyl sites for hydroxylation is 2. The molecule has 0 aliphatic heterocycles. The minimum Gasteiger partial charge on any atom is -0.462 e. The third-order valence-corrected chi connectivity index (χ3v) is 3.58. The summed E-state index contributed by atoms with van der Waals surface area (Å²) < 4.78 is 5.04. The molecule has 21 heavy (non-hydrogen) atoms. The van der Waals surface area contributed by atoms with E-state index < -0.39 is 5.97 Å². The van der Waals surface area contributed by atoms with Crippen LogP contribution in [0.3, 0.4) is 0 Å². The molecule has 0 aliphatic carbocycles. The lowest BCUT2D eigenvalue weighted by atomic mass is 10.2. The molecule has 0 spiro atoms. The SMILES string of the molecule is CCOC(=O)c1cc(N)cnc1Sc1cc(C)cc(C)n1. The first-order valence-corrected chi connectivity index (χ1v) is 7.37. The number of hydrogen-bond acceptors (Lipinski definition) is 6. The van der Waals surface area contributed by atoms with Crippen LogP contribution in [0.2, 0.25) is 0 Å². The van der Waals surface area contributed by atoms with Crippen LogP contribution >= 0.6 is 11.8 Å². The average molecular weight is 303 g/mol. The van der Waals surface area contributed by atoms with Gasteiger partial charge in [-0.3, -0.25) is 0 Å². The first-order valence-electron chi connectivity index (χ1n) is 6.55. The normalized spacial score (nSPS) is 10.4. The molecule has 2 heterocycles. The lowest BCUT2D eigenvalue weighted by molar-refractivity contribution is 0.0521. The molecule has 2 aromatic heterocycles. The van der Waals surface area contributed by atoms with Gasteiger partial charge in [-0.2, -0.15) is 0 Å². The van der Waals surface area contributed by atoms with E-state index in [1.54, 1.807) is 13.0 Å². The Kier molecular flexibility index (Phi) is 4.80. The fraction of sp³-hybridized carbons (Fsp3) is 0.267. The van der Waals surface area contributed by atoms with Gasteiger partial charge in [-0.15, -0.1) is 0 Å². The van der Waals surface area contributed by atoms with Gasteiger partial charge < -0.3 is 10.5 Å². The molecule has 0 fully saturated rings. The first kappa shape index (κ1) is 15.3. The Hall–Kier alpha value is -2.08. The number of anilines is 1. The number of ether oxygens (including phenoxy) is 1. The van der Waals surface area contributed by atoms with E-state index in [2.05, 4.69) is 9.97 Å². The number of rotatable bonds is 4. The molecule has 0 aromatic carbocycles. The van der Waals surface area contributed by atoms with Gasteiger partial charge in [0.05, 0.1) is 24.1 Å². The van der Waals surface area contributed by atoms with Crippen molar-refractivity contribution >= 4 is 23.4 Å². The minimum atomic E-state index is -0.427. The summed E-state index contributed by atoms with van der Waals surface area (Å²) in [6, 6.07) is 5.52. The zero-order valence-electron chi connectivity index (χ0n) is 12.2. The standard InChI is InChI=1S/C15H17N3O2S/c1-4-20-15(19)12-7-11(16)8-17-14(12)21-13-6-9(2)5-10(3)18-13/h5-8H,4,16H2,1-3H3. The van der Waals surface area contributed by atoms with E-state index in [1.807, 2.05) is 26.0 Å². The summed E-state index contributed by atoms with van der Waals surface area (Å²) in [6.45, 7) is 6.00. The Morgan fingerprint density at radius 2 is 2.10 bits per heavy atom. The Labute approximate surface area is 127 Å². The quantitative estimate of drug-likeness (QED) is 0.875. The third-order valence-electron chi connectivity index (χ3n) is 2.64. The highest BCUT2D eigenvalue weighted by atomic mass is 32.2. The number of nitrogen functional groups attached to an aromatic ring is 1. The first-order chi connectivity index (χ1) is 9.99. The molecule has 5 nitrogen and oxygen atoms in total. The second-order valence-electron chi connectivity index (χ2n) is 4.57. The van der Waals surface area contributed by atoms with Crippen molar-refractivity contribution in [3.05, 3.63) is 41.2 Å². The van der Waals surface area contributed by atoms with Crippen molar-refractivity contribution < 1.29 is 9.53 Å². The Bertz CT molecular complexity index is 654. The van der Waals surface area contributed by atoms with Gasteiger partial charge in [0.2, 0.25) is 0 Å². The second kappa shape index (κ2) is 6.58. The molecule has 0 atom stereocenters. The van der Waals surface area contributed by atoms with Crippen LogP contribution in [0, 0.1) is 13.8 Å². The molecule has 0 amide bonds. The average Bonchev–Trinajstić information content (AvgIpc) is 2.40. The summed E-state index contributed by atoms with van der Waals surface area (Å²) in [5.41, 5.74) is 8.53. The highest BCUT2D eigenvalue weighted by molar-refractivity contribution is 7.99. The highest BCUT2D eigenvalue weighted by Crippen LogP contribution is 2.29. The third kappa shape index (κ3) is 3.95. The molecule has 0 aliphatic rings. The Morgan fingerprint density at radius 3 is 2.76 bits per heavy atom. The van der Waals surface area contributed by atoms with Gasteiger partial charge >= 0.3 is 5.97 Å². The molecule has 2 rings (SSSR count). The van der Waals surface area contributed by atoms with Crippen molar-refractivity contribution in [3.8, 4) is 0 Å². The van der Waals surface area contributed by atoms with Crippen molar-refractivity contribution in [2.75, 3.05) is 12.3 Å². The van der Waals surface area contributed by atoms with Gasteiger partial charge in [-0.25, -0.2) is 14.8 Å². The molecule has 2 N–H and O–H groups in total. The second-order valence-corrected chi connectivity index (χ2v) is 5.58. The number of nitrogens with zero attached hydrogens (tertiary/aromatic N) is 2. The molecule has 2 aromatic rings. The zero-order chi connectivity index (χ0) is 15.4. The number of esters is 1. The largest absolute Gasteiger partial charge is 0.462 e. The van der Waals surface area contributed by atoms with Crippen LogP contribution in [0.4, 0.5) is 5.69 Å². The van der Waals surface area contributed by atoms with E-state index in [-0.39, 0.29) is 0 Å². The molecular formula is C15H17N3O2S. The van der Waals surface area contributed by atoms with Crippen LogP contribution in [-0.2, 0) is 4.74 Å². The van der Waals surface area contributed by atoms with Crippen LogP contribution in [0.5, 0.6) is 0 Å². The van der Waals surface area contributed by atoms with Crippen molar-refractivity contribution in [1.29, 1.82) is 0 Å². The van der Waals surface area contributed by atoms with Crippen LogP contribution < -0.4 is 5.73 Å². The van der Waals surface area contributed by atoms with Crippen LogP contribution in [0.25, 0.3) is 0 Å². The number of pyridine rings is 2. The molecule has 110 valence electrons. The summed E-state index contributed by atoms with van der Waals surface area (Å²) in [7, 11) is 0. The summed E-state index contributed by atoms with van der Waals surface area (Å²) in [4.78, 5) is 20.7. The molecule has 0 unspecified atom stereocenters. The molecule has 0 saturated carbocycles. The smallest absolute Gasteiger partial charge is 0.340 e. The van der Waals surface area contributed by atoms with E-state index in [0.29, 0.717) is 22.9 Å². The molecule has 0 saturated heterocycles. The summed E-state index contributed by atoms with van der Waals surface area (Å²) in [5.74, 6) is -0.427. The van der Waals surface area contributed by atoms with Gasteiger partial charge in [-0.05, 0) is 56.3 Å². The van der Waals surface area contributed by atoms with Crippen LogP contribution in [-0.4, -0.2) is 22.5 Å². The fourth-order valence-electron chi connectivity index (χ4n) is 1.86. The van der Waals surface area contributed by atoms with Gasteiger partial charge in [0.25, 0.3) is 0 Å². The van der Waals surface area contributed by atoms with Crippen LogP contribution in [0.15, 0.2) is 34.4 Å². The number of hydrogen-bond donors (Lipinski definition) is 1. The minimum absolute atomic E-state index is 0.305. The van der Waals surface area contributed by atoms with E-state index in [1.165, 1.54) is 18.0 Å². The van der Waals surface area contributed by atoms with Gasteiger partial charge in [0.15, 0.2) is 0 Å². The topological polar surface area (TPSA) is 78.1 Å². The van der Waals surface area contributed by atoms with Crippen molar-refractivity contribution in [3.63, 3.8) is 0 Å². The maximum Gasteiger partial charge on any atom is 0.340 e. The van der Waals surface area contributed by atoms with Crippen LogP contribution in [0.1, 0.15) is 28.5 Å². The van der Waals surface area contributed by atoms with E-state index in [4.69, 9.17) is 10.5 Å². The lowest BCUT2D eigenvalue weighted by Crippen LogP contribution is -2.08. The molecule has 6 heteroatoms. The van der Waals surface area contributed by atoms with E-state index in [9.17, 15) is 4.79 Å². The highest BCUT2D eigenvalue weighted by Gasteiger charge is 2.16. The number of carbonyl (C=O) groups is 1. The molecule has 0 radical (unpaired) electrons. The maximum atomic E-state index is 12.0. The van der Waals surface area contributed by atoms with Crippen molar-refractivity contribution in [1.82, 2.24) is 9.97 Å². The van der Waals surface area contributed by atoms with E-state index in [0.717, 1.165) is 16.3 Å². The zero-order valence-corrected chi connectivity index (χ0v) is 13.0. The summed E-state index contributed by atoms with van der Waals surface area (Å²) in [6.07, 6.45) is 1.52. The molecular weight excluding hydrogens is 286 g/mol. The van der Waals surface area contributed by atoms with Crippen molar-refractivity contribution in [2.45, 2.75) is 30.8 Å². The molecule has 0 bridgehead atoms. The number of nitrogens with two attached hydrogens (primary N) is 1. The lowest BCUT2D eigenvalue weighted by Gasteiger charge is -2.09. The fourth-order valence-corrected chi connectivity index (χ4v) is 2.85. The van der Waals surface area contributed by atoms with Crippen molar-refractivity contribution in [2.24, 2.45) is 0 Å². The Morgan fingerprint density at radius 1 is 1.33 bits per heavy atom. The monoisotopic (exact) mass is 303 g/mol. The van der Waals surface area contributed by atoms with E-state index >= 15 is 0 Å². The van der Waals surface area contributed by atoms with Gasteiger partial charge in [0, 0.05) is 5.69 Å². The Balaban J connectivity index is 2.37. The number of carbonyl (C=O) groups excluding carboxylic acids is 1. The predicted molar refractivity (Wildman–Crippen MR) is 82.4 cm³/mol. The summed E-state index contributed by atoms with van der Waals surface area (Å²) in [5, 5.41) is 1.33. The van der Waals surface area contributed by atoms with Gasteiger partial charge in [-0.1, -0.05) is 0 Å². The predicted octanol–water partition coefficient (Wildman–Crippen LogP) is 3.00. The maximum absolute atomic E-state index is 12.0. The number of aromatic nitrogens is 2.